The number of nitrogens with one attached hydrogen (secondary N) is 2. The third kappa shape index (κ3) is 4.87. The molecule has 2 aromatic carbocycles. The Morgan fingerprint density at radius 3 is 2.55 bits per heavy atom. The fourth-order valence-corrected chi connectivity index (χ4v) is 7.19. The number of ether oxygens (including phenoxy) is 1. The number of phenolic OH excluding ortho intramolecular Hbond substituents is 1. The average molecular weight is 576 g/mol. The molecule has 0 saturated carbocycles. The number of carbonyl (C=O) groups is 4. The minimum Gasteiger partial charge on any atom is -0.508 e. The van der Waals surface area contributed by atoms with E-state index in [0.29, 0.717) is 31.1 Å². The minimum atomic E-state index is -1.33. The van der Waals surface area contributed by atoms with E-state index in [2.05, 4.69) is 10.3 Å². The number of aromatic hydroxyl groups is 1. The lowest BCUT2D eigenvalue weighted by molar-refractivity contribution is -0.149. The number of H-pyrrole nitrogens is 1. The van der Waals surface area contributed by atoms with Gasteiger partial charge in [-0.15, -0.1) is 0 Å². The quantitative estimate of drug-likeness (QED) is 0.244. The second-order valence-electron chi connectivity index (χ2n) is 8.47. The number of rotatable bonds is 7. The van der Waals surface area contributed by atoms with Crippen LogP contribution in [0.15, 0.2) is 52.3 Å². The maximum Gasteiger partial charge on any atom is 0.323 e. The lowest BCUT2D eigenvalue weighted by Gasteiger charge is -2.31. The third-order valence-electron chi connectivity index (χ3n) is 6.03. The van der Waals surface area contributed by atoms with Gasteiger partial charge in [0.1, 0.15) is 23.3 Å². The lowest BCUT2D eigenvalue weighted by atomic mass is 9.82. The highest BCUT2D eigenvalue weighted by Gasteiger charge is 2.56. The highest BCUT2D eigenvalue weighted by molar-refractivity contribution is 8.00. The van der Waals surface area contributed by atoms with Crippen LogP contribution < -0.4 is 14.9 Å². The zero-order chi connectivity index (χ0) is 27.1. The van der Waals surface area contributed by atoms with Crippen LogP contribution >= 0.6 is 34.7 Å². The van der Waals surface area contributed by atoms with E-state index in [-0.39, 0.29) is 16.4 Å². The summed E-state index contributed by atoms with van der Waals surface area (Å²) in [4.78, 5) is 66.0. The molecule has 196 valence electrons. The van der Waals surface area contributed by atoms with Crippen molar-refractivity contribution in [3.8, 4) is 11.5 Å². The van der Waals surface area contributed by atoms with Crippen molar-refractivity contribution in [3.63, 3.8) is 0 Å². The van der Waals surface area contributed by atoms with Crippen molar-refractivity contribution in [2.75, 3.05) is 18.5 Å². The van der Waals surface area contributed by atoms with Crippen LogP contribution in [0.1, 0.15) is 16.4 Å². The van der Waals surface area contributed by atoms with E-state index < -0.39 is 53.9 Å². The van der Waals surface area contributed by atoms with Crippen molar-refractivity contribution >= 4 is 64.1 Å². The molecule has 3 amide bonds. The maximum atomic E-state index is 13.4. The number of carbonyl (C=O) groups excluding carboxylic acids is 3. The number of hydrogen-bond acceptors (Lipinski definition) is 9. The first-order valence-electron chi connectivity index (χ1n) is 11.1. The van der Waals surface area contributed by atoms with E-state index in [4.69, 9.17) is 16.3 Å². The summed E-state index contributed by atoms with van der Waals surface area (Å²) < 4.78 is 5.81. The number of likely N-dealkylation sites (tertiary alicyclic amines) is 1. The van der Waals surface area contributed by atoms with Gasteiger partial charge in [-0.2, -0.15) is 0 Å². The third-order valence-corrected chi connectivity index (χ3v) is 8.66. The summed E-state index contributed by atoms with van der Waals surface area (Å²) in [5, 5.41) is 21.0. The molecule has 1 fully saturated rings. The molecule has 38 heavy (non-hydrogen) atoms. The van der Waals surface area contributed by atoms with Gasteiger partial charge in [-0.3, -0.25) is 28.9 Å². The number of carboxylic acid groups (broad SMARTS) is 1. The Balaban J connectivity index is 1.49. The topological polar surface area (TPSA) is 166 Å². The number of halogens is 1. The molecule has 5 rings (SSSR count). The van der Waals surface area contributed by atoms with Gasteiger partial charge < -0.3 is 25.3 Å². The van der Waals surface area contributed by atoms with E-state index in [1.807, 2.05) is 0 Å². The van der Waals surface area contributed by atoms with Gasteiger partial charge in [0.2, 0.25) is 11.8 Å². The van der Waals surface area contributed by atoms with E-state index in [1.165, 1.54) is 42.5 Å². The molecule has 0 spiro atoms. The summed E-state index contributed by atoms with van der Waals surface area (Å²) >= 11 is 8.18. The van der Waals surface area contributed by atoms with Gasteiger partial charge in [0.05, 0.1) is 10.9 Å². The Morgan fingerprint density at radius 2 is 1.84 bits per heavy atom. The van der Waals surface area contributed by atoms with Crippen LogP contribution in [-0.2, 0) is 19.2 Å². The second-order valence-corrected chi connectivity index (χ2v) is 11.1. The minimum absolute atomic E-state index is 0.0438. The number of aliphatic carboxylic acids is 1. The zero-order valence-corrected chi connectivity index (χ0v) is 21.6. The van der Waals surface area contributed by atoms with Gasteiger partial charge in [-0.25, -0.2) is 0 Å². The molecule has 3 atom stereocenters. The Morgan fingerprint density at radius 1 is 1.11 bits per heavy atom. The van der Waals surface area contributed by atoms with Crippen LogP contribution in [-0.4, -0.2) is 62.2 Å². The summed E-state index contributed by atoms with van der Waals surface area (Å²) in [6.07, 6.45) is 0. The number of aromatic amines is 1. The van der Waals surface area contributed by atoms with E-state index >= 15 is 0 Å². The predicted molar refractivity (Wildman–Crippen MR) is 138 cm³/mol. The van der Waals surface area contributed by atoms with Gasteiger partial charge in [0, 0.05) is 27.1 Å². The van der Waals surface area contributed by atoms with Crippen LogP contribution in [0.25, 0.3) is 0 Å². The monoisotopic (exact) mass is 575 g/mol. The van der Waals surface area contributed by atoms with Crippen LogP contribution in [0, 0.1) is 5.92 Å². The molecule has 1 saturated heterocycles. The van der Waals surface area contributed by atoms with Crippen molar-refractivity contribution in [1.82, 2.24) is 9.88 Å². The first kappa shape index (κ1) is 25.8. The molecule has 1 aromatic heterocycles. The molecule has 0 aliphatic carbocycles. The molecule has 0 bridgehead atoms. The van der Waals surface area contributed by atoms with Crippen LogP contribution in [0.4, 0.5) is 5.69 Å². The summed E-state index contributed by atoms with van der Waals surface area (Å²) in [5.41, 5.74) is 0.815. The number of benzene rings is 2. The standard InChI is InChI=1S/C24H18ClN3O8S2/c25-10-1-6-14(36-9-15(30)26-11-2-4-12(29)5-3-11)13(7-10)17-18-20(37-21-19(17)38-24(35)27-21)23(34)28(22(18)33)8-16(31)32/h1-7,17-18,20,29H,8-9H2,(H,26,30)(H,27,35)(H,31,32)/t17-,18?,20?/m0/s1. The first-order chi connectivity index (χ1) is 18.1. The molecule has 2 aliphatic heterocycles. The number of thiazole rings is 1. The molecule has 2 unspecified atom stereocenters. The number of thioether (sulfide) groups is 1. The van der Waals surface area contributed by atoms with Crippen LogP contribution in [0.5, 0.6) is 11.5 Å². The number of amides is 3. The molecular weight excluding hydrogens is 558 g/mol. The summed E-state index contributed by atoms with van der Waals surface area (Å²) in [6, 6.07) is 10.5. The Bertz CT molecular complexity index is 1520. The molecule has 11 nitrogen and oxygen atoms in total. The molecule has 3 heterocycles. The molecule has 3 aromatic rings. The number of nitrogens with zero attached hydrogens (tertiary/aromatic N) is 1. The number of imide groups is 1. The smallest absolute Gasteiger partial charge is 0.323 e. The number of anilines is 1. The van der Waals surface area contributed by atoms with Crippen LogP contribution in [0.2, 0.25) is 5.02 Å². The van der Waals surface area contributed by atoms with E-state index in [9.17, 15) is 34.2 Å². The van der Waals surface area contributed by atoms with Gasteiger partial charge in [-0.1, -0.05) is 34.7 Å². The predicted octanol–water partition coefficient (Wildman–Crippen LogP) is 2.49. The molecule has 14 heteroatoms. The Kier molecular flexibility index (Phi) is 6.90. The van der Waals surface area contributed by atoms with Crippen molar-refractivity contribution in [2.24, 2.45) is 5.92 Å². The summed E-state index contributed by atoms with van der Waals surface area (Å²) in [6.45, 7) is -1.20. The highest BCUT2D eigenvalue weighted by Crippen LogP contribution is 2.54. The van der Waals surface area contributed by atoms with E-state index in [0.717, 1.165) is 23.1 Å². The number of fused-ring (bicyclic) bond motifs is 2. The van der Waals surface area contributed by atoms with Crippen molar-refractivity contribution in [2.45, 2.75) is 16.2 Å². The van der Waals surface area contributed by atoms with Crippen molar-refractivity contribution in [3.05, 3.63) is 67.6 Å². The van der Waals surface area contributed by atoms with Gasteiger partial charge in [0.15, 0.2) is 6.61 Å². The van der Waals surface area contributed by atoms with Gasteiger partial charge in [0.25, 0.3) is 5.91 Å². The molecular formula is C24H18ClN3O8S2. The fourth-order valence-electron chi connectivity index (χ4n) is 4.48. The molecule has 4 N–H and O–H groups in total. The van der Waals surface area contributed by atoms with Gasteiger partial charge >= 0.3 is 10.8 Å². The highest BCUT2D eigenvalue weighted by atomic mass is 35.5. The zero-order valence-electron chi connectivity index (χ0n) is 19.2. The van der Waals surface area contributed by atoms with E-state index in [1.54, 1.807) is 0 Å². The summed E-state index contributed by atoms with van der Waals surface area (Å²) in [5.74, 6) is -4.80. The number of phenols is 1. The van der Waals surface area contributed by atoms with Crippen molar-refractivity contribution in [1.29, 1.82) is 0 Å². The number of aromatic nitrogens is 1. The fraction of sp³-hybridized carbons (Fsp3) is 0.208. The summed E-state index contributed by atoms with van der Waals surface area (Å²) in [7, 11) is 0. The average Bonchev–Trinajstić information content (AvgIpc) is 3.35. The molecule has 0 radical (unpaired) electrons. The second kappa shape index (κ2) is 10.2. The van der Waals surface area contributed by atoms with Crippen LogP contribution in [0.3, 0.4) is 0 Å². The number of carboxylic acids is 1. The molecule has 2 aliphatic rings. The van der Waals surface area contributed by atoms with Gasteiger partial charge in [-0.05, 0) is 42.5 Å². The maximum absolute atomic E-state index is 13.4. The van der Waals surface area contributed by atoms with Crippen molar-refractivity contribution < 1.29 is 34.1 Å². The SMILES string of the molecule is O=C(O)CN1C(=O)C2Sc3[nH]c(=O)sc3[C@@H](c3cc(Cl)ccc3OCC(=O)Nc3ccc(O)cc3)C2C1=O. The number of hydrogen-bond donors (Lipinski definition) is 4. The lowest BCUT2D eigenvalue weighted by Crippen LogP contribution is -2.36. The normalized spacial score (nSPS) is 20.1. The largest absolute Gasteiger partial charge is 0.508 e. The Hall–Kier alpha value is -3.81. The Labute approximate surface area is 227 Å². The first-order valence-corrected chi connectivity index (χ1v) is 13.2.